The maximum atomic E-state index is 5.81. The molecule has 17 heavy (non-hydrogen) atoms. The molecule has 0 aliphatic heterocycles. The van der Waals surface area contributed by atoms with Crippen molar-refractivity contribution in [2.24, 2.45) is 12.8 Å². The van der Waals surface area contributed by atoms with E-state index in [2.05, 4.69) is 37.1 Å². The Kier molecular flexibility index (Phi) is 3.03. The summed E-state index contributed by atoms with van der Waals surface area (Å²) in [5.74, 6) is 0. The van der Waals surface area contributed by atoms with Crippen LogP contribution in [0.2, 0.25) is 0 Å². The molecule has 90 valence electrons. The Bertz CT molecular complexity index is 497. The predicted octanol–water partition coefficient (Wildman–Crippen LogP) is 2.32. The Morgan fingerprint density at radius 2 is 1.88 bits per heavy atom. The van der Waals surface area contributed by atoms with Gasteiger partial charge in [0.15, 0.2) is 0 Å². The Morgan fingerprint density at radius 1 is 1.24 bits per heavy atom. The van der Waals surface area contributed by atoms with Gasteiger partial charge in [-0.3, -0.25) is 4.68 Å². The van der Waals surface area contributed by atoms with Crippen molar-refractivity contribution in [3.8, 4) is 11.3 Å². The lowest BCUT2D eigenvalue weighted by atomic mass is 9.89. The largest absolute Gasteiger partial charge is 0.330 e. The van der Waals surface area contributed by atoms with Crippen molar-refractivity contribution in [2.45, 2.75) is 19.3 Å². The molecule has 0 aliphatic carbocycles. The molecule has 0 amide bonds. The average Bonchev–Trinajstić information content (AvgIpc) is 2.73. The monoisotopic (exact) mass is 229 g/mol. The van der Waals surface area contributed by atoms with Crippen LogP contribution in [0.5, 0.6) is 0 Å². The molecule has 0 saturated heterocycles. The minimum atomic E-state index is -0.0468. The van der Waals surface area contributed by atoms with Gasteiger partial charge in [-0.05, 0) is 6.07 Å². The summed E-state index contributed by atoms with van der Waals surface area (Å²) in [7, 11) is 1.97. The number of aryl methyl sites for hydroxylation is 1. The van der Waals surface area contributed by atoms with Gasteiger partial charge < -0.3 is 5.73 Å². The van der Waals surface area contributed by atoms with Gasteiger partial charge in [-0.1, -0.05) is 44.2 Å². The number of hydrogen-bond acceptors (Lipinski definition) is 2. The van der Waals surface area contributed by atoms with Gasteiger partial charge in [0, 0.05) is 30.3 Å². The predicted molar refractivity (Wildman–Crippen MR) is 70.7 cm³/mol. The van der Waals surface area contributed by atoms with Gasteiger partial charge in [-0.15, -0.1) is 0 Å². The molecule has 3 heteroatoms. The molecule has 0 spiro atoms. The number of rotatable bonds is 3. The van der Waals surface area contributed by atoms with E-state index in [0.29, 0.717) is 6.54 Å². The normalized spacial score (nSPS) is 11.8. The van der Waals surface area contributed by atoms with Crippen LogP contribution in [0.4, 0.5) is 0 Å². The van der Waals surface area contributed by atoms with Gasteiger partial charge in [-0.2, -0.15) is 5.10 Å². The maximum Gasteiger partial charge on any atom is 0.0926 e. The summed E-state index contributed by atoms with van der Waals surface area (Å²) in [5, 5.41) is 4.56. The van der Waals surface area contributed by atoms with Crippen LogP contribution in [0.25, 0.3) is 11.3 Å². The van der Waals surface area contributed by atoms with E-state index in [1.54, 1.807) is 0 Å². The summed E-state index contributed by atoms with van der Waals surface area (Å²) in [6.07, 6.45) is 0. The topological polar surface area (TPSA) is 43.8 Å². The molecular weight excluding hydrogens is 210 g/mol. The van der Waals surface area contributed by atoms with E-state index in [1.165, 1.54) is 5.69 Å². The highest BCUT2D eigenvalue weighted by Gasteiger charge is 2.23. The van der Waals surface area contributed by atoms with E-state index in [9.17, 15) is 0 Å². The number of nitrogens with zero attached hydrogens (tertiary/aromatic N) is 2. The quantitative estimate of drug-likeness (QED) is 0.877. The SMILES string of the molecule is Cn1nc(-c2ccccc2)cc1C(C)(C)CN. The van der Waals surface area contributed by atoms with E-state index in [-0.39, 0.29) is 5.41 Å². The standard InChI is InChI=1S/C14H19N3/c1-14(2,10-15)13-9-12(16-17(13)3)11-7-5-4-6-8-11/h4-9H,10,15H2,1-3H3. The third-order valence-electron chi connectivity index (χ3n) is 3.15. The Labute approximate surface area is 102 Å². The first-order valence-corrected chi connectivity index (χ1v) is 5.84. The van der Waals surface area contributed by atoms with Crippen molar-refractivity contribution in [1.29, 1.82) is 0 Å². The van der Waals surface area contributed by atoms with E-state index in [4.69, 9.17) is 5.73 Å². The summed E-state index contributed by atoms with van der Waals surface area (Å²) < 4.78 is 1.93. The average molecular weight is 229 g/mol. The van der Waals surface area contributed by atoms with Crippen molar-refractivity contribution >= 4 is 0 Å². The summed E-state index contributed by atoms with van der Waals surface area (Å²) in [4.78, 5) is 0. The van der Waals surface area contributed by atoms with Crippen molar-refractivity contribution in [2.75, 3.05) is 6.54 Å². The van der Waals surface area contributed by atoms with Crippen LogP contribution in [-0.2, 0) is 12.5 Å². The van der Waals surface area contributed by atoms with Crippen molar-refractivity contribution < 1.29 is 0 Å². The summed E-state index contributed by atoms with van der Waals surface area (Å²) in [6.45, 7) is 4.89. The van der Waals surface area contributed by atoms with Crippen molar-refractivity contribution in [3.63, 3.8) is 0 Å². The molecule has 1 aromatic heterocycles. The molecule has 0 bridgehead atoms. The second kappa shape index (κ2) is 4.34. The first kappa shape index (κ1) is 11.9. The molecule has 0 aliphatic rings. The van der Waals surface area contributed by atoms with Crippen LogP contribution in [-0.4, -0.2) is 16.3 Å². The van der Waals surface area contributed by atoms with Gasteiger partial charge in [0.25, 0.3) is 0 Å². The third kappa shape index (κ3) is 2.24. The number of aromatic nitrogens is 2. The highest BCUT2D eigenvalue weighted by molar-refractivity contribution is 5.59. The lowest BCUT2D eigenvalue weighted by molar-refractivity contribution is 0.487. The first-order valence-electron chi connectivity index (χ1n) is 5.84. The fourth-order valence-corrected chi connectivity index (χ4v) is 1.96. The fourth-order valence-electron chi connectivity index (χ4n) is 1.96. The molecule has 0 radical (unpaired) electrons. The van der Waals surface area contributed by atoms with Gasteiger partial charge in [0.1, 0.15) is 0 Å². The van der Waals surface area contributed by atoms with Crippen LogP contribution in [0.1, 0.15) is 19.5 Å². The molecule has 0 unspecified atom stereocenters. The van der Waals surface area contributed by atoms with E-state index in [0.717, 1.165) is 11.3 Å². The zero-order valence-electron chi connectivity index (χ0n) is 10.6. The second-order valence-electron chi connectivity index (χ2n) is 4.99. The lowest BCUT2D eigenvalue weighted by Gasteiger charge is -2.22. The highest BCUT2D eigenvalue weighted by atomic mass is 15.3. The van der Waals surface area contributed by atoms with Crippen LogP contribution in [0, 0.1) is 0 Å². The molecule has 2 rings (SSSR count). The minimum Gasteiger partial charge on any atom is -0.330 e. The Hall–Kier alpha value is -1.61. The molecule has 0 atom stereocenters. The molecular formula is C14H19N3. The Morgan fingerprint density at radius 3 is 2.47 bits per heavy atom. The van der Waals surface area contributed by atoms with Gasteiger partial charge in [0.2, 0.25) is 0 Å². The summed E-state index contributed by atoms with van der Waals surface area (Å²) in [5.41, 5.74) is 9.08. The zero-order valence-corrected chi connectivity index (χ0v) is 10.6. The lowest BCUT2D eigenvalue weighted by Crippen LogP contribution is -2.30. The number of hydrogen-bond donors (Lipinski definition) is 1. The summed E-state index contributed by atoms with van der Waals surface area (Å²) >= 11 is 0. The molecule has 0 fully saturated rings. The maximum absolute atomic E-state index is 5.81. The van der Waals surface area contributed by atoms with Crippen LogP contribution < -0.4 is 5.73 Å². The van der Waals surface area contributed by atoms with Crippen LogP contribution in [0.15, 0.2) is 36.4 Å². The van der Waals surface area contributed by atoms with E-state index >= 15 is 0 Å². The smallest absolute Gasteiger partial charge is 0.0926 e. The number of nitrogens with two attached hydrogens (primary N) is 1. The highest BCUT2D eigenvalue weighted by Crippen LogP contribution is 2.26. The van der Waals surface area contributed by atoms with Crippen LogP contribution >= 0.6 is 0 Å². The molecule has 2 aromatic rings. The molecule has 1 aromatic carbocycles. The molecule has 1 heterocycles. The molecule has 3 nitrogen and oxygen atoms in total. The van der Waals surface area contributed by atoms with E-state index < -0.39 is 0 Å². The molecule has 0 saturated carbocycles. The van der Waals surface area contributed by atoms with Gasteiger partial charge in [0.05, 0.1) is 5.69 Å². The van der Waals surface area contributed by atoms with Gasteiger partial charge >= 0.3 is 0 Å². The Balaban J connectivity index is 2.45. The number of benzene rings is 1. The second-order valence-corrected chi connectivity index (χ2v) is 4.99. The zero-order chi connectivity index (χ0) is 12.5. The van der Waals surface area contributed by atoms with Gasteiger partial charge in [-0.25, -0.2) is 0 Å². The third-order valence-corrected chi connectivity index (χ3v) is 3.15. The molecule has 2 N–H and O–H groups in total. The van der Waals surface area contributed by atoms with Crippen molar-refractivity contribution in [3.05, 3.63) is 42.1 Å². The van der Waals surface area contributed by atoms with Crippen LogP contribution in [0.3, 0.4) is 0 Å². The first-order chi connectivity index (χ1) is 8.04. The minimum absolute atomic E-state index is 0.0468. The van der Waals surface area contributed by atoms with E-state index in [1.807, 2.05) is 29.9 Å². The fraction of sp³-hybridized carbons (Fsp3) is 0.357. The summed E-state index contributed by atoms with van der Waals surface area (Å²) in [6, 6.07) is 12.3. The van der Waals surface area contributed by atoms with Crippen molar-refractivity contribution in [1.82, 2.24) is 9.78 Å².